The van der Waals surface area contributed by atoms with Gasteiger partial charge in [0.25, 0.3) is 0 Å². The zero-order valence-corrected chi connectivity index (χ0v) is 22.9. The predicted molar refractivity (Wildman–Crippen MR) is 137 cm³/mol. The number of ether oxygens (including phenoxy) is 2. The first-order valence-corrected chi connectivity index (χ1v) is 14.4. The second-order valence-electron chi connectivity index (χ2n) is 12.9. The topological polar surface area (TPSA) is 55.8 Å². The molecule has 35 heavy (non-hydrogen) atoms. The summed E-state index contributed by atoms with van der Waals surface area (Å²) >= 11 is 0. The second kappa shape index (κ2) is 8.89. The molecule has 5 heteroatoms. The van der Waals surface area contributed by atoms with Gasteiger partial charge in [0, 0.05) is 25.9 Å². The van der Waals surface area contributed by atoms with Gasteiger partial charge in [0.15, 0.2) is 0 Å². The molecule has 196 valence electrons. The Hall–Kier alpha value is -1.36. The van der Waals surface area contributed by atoms with E-state index in [0.717, 1.165) is 49.0 Å². The zero-order valence-electron chi connectivity index (χ0n) is 22.9. The van der Waals surface area contributed by atoms with Crippen molar-refractivity contribution in [1.29, 1.82) is 0 Å². The molecule has 4 aliphatic carbocycles. The Morgan fingerprint density at radius 2 is 1.80 bits per heavy atom. The molecule has 5 nitrogen and oxygen atoms in total. The first kappa shape index (κ1) is 25.3. The number of fused-ring (bicyclic) bond motifs is 4. The fourth-order valence-corrected chi connectivity index (χ4v) is 9.79. The van der Waals surface area contributed by atoms with Crippen LogP contribution in [0.3, 0.4) is 0 Å². The minimum atomic E-state index is -1.15. The first-order chi connectivity index (χ1) is 16.6. The maximum Gasteiger partial charge on any atom is 0.350 e. The molecule has 4 fully saturated rings. The smallest absolute Gasteiger partial charge is 0.350 e. The van der Waals surface area contributed by atoms with E-state index in [0.29, 0.717) is 18.3 Å². The molecule has 1 heterocycles. The van der Waals surface area contributed by atoms with E-state index in [1.54, 1.807) is 0 Å². The lowest BCUT2D eigenvalue weighted by molar-refractivity contribution is -0.188. The van der Waals surface area contributed by atoms with Gasteiger partial charge in [-0.3, -0.25) is 4.79 Å². The Kier molecular flexibility index (Phi) is 6.42. The minimum absolute atomic E-state index is 0.110. The first-order valence-electron chi connectivity index (χ1n) is 14.4. The van der Waals surface area contributed by atoms with Crippen LogP contribution in [0.1, 0.15) is 98.8 Å². The van der Waals surface area contributed by atoms with E-state index in [2.05, 4.69) is 31.9 Å². The van der Waals surface area contributed by atoms with Crippen LogP contribution in [0, 0.1) is 34.5 Å². The molecule has 0 unspecified atom stereocenters. The maximum atomic E-state index is 13.2. The van der Waals surface area contributed by atoms with Gasteiger partial charge in [-0.05, 0) is 106 Å². The number of likely N-dealkylation sites (tertiary alicyclic amines) is 1. The molecule has 0 amide bonds. The van der Waals surface area contributed by atoms with Crippen molar-refractivity contribution in [2.24, 2.45) is 34.5 Å². The quantitative estimate of drug-likeness (QED) is 0.358. The van der Waals surface area contributed by atoms with Gasteiger partial charge in [0.1, 0.15) is 6.10 Å². The van der Waals surface area contributed by atoms with Crippen molar-refractivity contribution in [1.82, 2.24) is 4.90 Å². The number of nitrogens with zero attached hydrogens (tertiary/aromatic N) is 1. The number of rotatable bonds is 5. The molecule has 1 aliphatic heterocycles. The Bertz CT molecular complexity index is 893. The summed E-state index contributed by atoms with van der Waals surface area (Å²) in [6.45, 7) is 11.4. The van der Waals surface area contributed by atoms with E-state index < -0.39 is 11.6 Å². The van der Waals surface area contributed by atoms with Crippen molar-refractivity contribution in [2.45, 2.75) is 117 Å². The van der Waals surface area contributed by atoms with Gasteiger partial charge < -0.3 is 14.4 Å². The molecule has 5 rings (SSSR count). The van der Waals surface area contributed by atoms with E-state index >= 15 is 0 Å². The van der Waals surface area contributed by atoms with Gasteiger partial charge in [0.2, 0.25) is 5.60 Å². The standard InChI is InChI=1S/C30H47NO4/c1-7-30(8-2,35-20(4)32)27(33)34-22-13-15-28(5)21(17-22)9-10-23-25(28)14-16-29-18-31(6)19(3)24(29)11-12-26(23)29/h9,19,22-26H,7-8,10-18H2,1-6H3/t19-,22-,23+,24+,25-,26-,28-,29-/m0/s1. The van der Waals surface area contributed by atoms with Crippen LogP contribution in [0.5, 0.6) is 0 Å². The second-order valence-corrected chi connectivity index (χ2v) is 12.9. The average molecular weight is 486 g/mol. The number of allylic oxidation sites excluding steroid dienone is 1. The van der Waals surface area contributed by atoms with Crippen LogP contribution in [0.2, 0.25) is 0 Å². The summed E-state index contributed by atoms with van der Waals surface area (Å²) in [4.78, 5) is 27.5. The summed E-state index contributed by atoms with van der Waals surface area (Å²) in [7, 11) is 2.34. The Balaban J connectivity index is 1.31. The predicted octanol–water partition coefficient (Wildman–Crippen LogP) is 5.91. The van der Waals surface area contributed by atoms with Gasteiger partial charge >= 0.3 is 11.9 Å². The molecule has 3 saturated carbocycles. The van der Waals surface area contributed by atoms with Crippen LogP contribution in [-0.2, 0) is 19.1 Å². The Morgan fingerprint density at radius 1 is 1.09 bits per heavy atom. The maximum absolute atomic E-state index is 13.2. The summed E-state index contributed by atoms with van der Waals surface area (Å²) in [6, 6.07) is 0.734. The van der Waals surface area contributed by atoms with E-state index in [1.165, 1.54) is 51.1 Å². The summed E-state index contributed by atoms with van der Waals surface area (Å²) in [5.41, 5.74) is 1.17. The number of carbonyl (C=O) groups is 2. The molecule has 0 aromatic rings. The summed E-state index contributed by atoms with van der Waals surface area (Å²) in [5, 5.41) is 0. The lowest BCUT2D eigenvalue weighted by Crippen LogP contribution is -2.52. The van der Waals surface area contributed by atoms with Gasteiger partial charge in [-0.25, -0.2) is 4.79 Å². The highest BCUT2D eigenvalue weighted by Crippen LogP contribution is 2.68. The SMILES string of the molecule is CCC(CC)(OC(C)=O)C(=O)O[C@H]1CC[C@@]2(C)C(=CC[C@H]3[C@@H]4CC[C@@H]5[C@H](C)N(C)C[C@@]54CC[C@@H]32)C1. The molecule has 5 aliphatic rings. The Labute approximate surface area is 212 Å². The molecule has 0 aromatic carbocycles. The molecule has 8 atom stereocenters. The molecule has 0 bridgehead atoms. The molecule has 0 radical (unpaired) electrons. The molecule has 0 aromatic heterocycles. The van der Waals surface area contributed by atoms with Crippen molar-refractivity contribution in [3.8, 4) is 0 Å². The molecule has 1 spiro atoms. The van der Waals surface area contributed by atoms with E-state index in [-0.39, 0.29) is 17.5 Å². The Morgan fingerprint density at radius 3 is 2.49 bits per heavy atom. The summed E-state index contributed by atoms with van der Waals surface area (Å²) in [5.74, 6) is 2.56. The van der Waals surface area contributed by atoms with Crippen molar-refractivity contribution in [3.63, 3.8) is 0 Å². The fourth-order valence-electron chi connectivity index (χ4n) is 9.79. The lowest BCUT2D eigenvalue weighted by atomic mass is 9.47. The molecular formula is C30H47NO4. The third-order valence-corrected chi connectivity index (χ3v) is 11.8. The van der Waals surface area contributed by atoms with E-state index in [1.807, 2.05) is 13.8 Å². The van der Waals surface area contributed by atoms with Crippen molar-refractivity contribution < 1.29 is 19.1 Å². The highest BCUT2D eigenvalue weighted by Gasteiger charge is 2.64. The normalized spacial score (nSPS) is 42.9. The van der Waals surface area contributed by atoms with Gasteiger partial charge in [-0.15, -0.1) is 0 Å². The minimum Gasteiger partial charge on any atom is -0.459 e. The van der Waals surface area contributed by atoms with Gasteiger partial charge in [-0.2, -0.15) is 0 Å². The monoisotopic (exact) mass is 485 g/mol. The fraction of sp³-hybridized carbons (Fsp3) is 0.867. The number of hydrogen-bond donors (Lipinski definition) is 0. The number of esters is 2. The van der Waals surface area contributed by atoms with Crippen LogP contribution < -0.4 is 0 Å². The van der Waals surface area contributed by atoms with E-state index in [9.17, 15) is 9.59 Å². The highest BCUT2D eigenvalue weighted by molar-refractivity contribution is 5.83. The van der Waals surface area contributed by atoms with E-state index in [4.69, 9.17) is 9.47 Å². The average Bonchev–Trinajstić information content (AvgIpc) is 3.31. The van der Waals surface area contributed by atoms with Gasteiger partial charge in [0.05, 0.1) is 0 Å². The largest absolute Gasteiger partial charge is 0.459 e. The third kappa shape index (κ3) is 3.73. The van der Waals surface area contributed by atoms with Crippen LogP contribution in [0.4, 0.5) is 0 Å². The lowest BCUT2D eigenvalue weighted by Gasteiger charge is -2.58. The van der Waals surface area contributed by atoms with Crippen LogP contribution >= 0.6 is 0 Å². The zero-order chi connectivity index (χ0) is 25.2. The van der Waals surface area contributed by atoms with Gasteiger partial charge in [-0.1, -0.05) is 32.4 Å². The summed E-state index contributed by atoms with van der Waals surface area (Å²) in [6.07, 6.45) is 13.0. The third-order valence-electron chi connectivity index (χ3n) is 11.8. The molecule has 1 saturated heterocycles. The van der Waals surface area contributed by atoms with Crippen LogP contribution in [0.15, 0.2) is 11.6 Å². The number of carbonyl (C=O) groups excluding carboxylic acids is 2. The molecule has 0 N–H and O–H groups in total. The number of hydrogen-bond acceptors (Lipinski definition) is 5. The van der Waals surface area contributed by atoms with Crippen molar-refractivity contribution in [2.75, 3.05) is 13.6 Å². The van der Waals surface area contributed by atoms with Crippen molar-refractivity contribution in [3.05, 3.63) is 11.6 Å². The summed E-state index contributed by atoms with van der Waals surface area (Å²) < 4.78 is 11.5. The van der Waals surface area contributed by atoms with Crippen LogP contribution in [0.25, 0.3) is 0 Å². The van der Waals surface area contributed by atoms with Crippen molar-refractivity contribution >= 4 is 11.9 Å². The highest BCUT2D eigenvalue weighted by atomic mass is 16.6. The molecular weight excluding hydrogens is 438 g/mol. The van der Waals surface area contributed by atoms with Crippen LogP contribution in [-0.4, -0.2) is 48.2 Å².